The Kier molecular flexibility index (Phi) is 2.30. The number of hydrogen-bond acceptors (Lipinski definition) is 3. The number of aliphatic carboxylic acids is 1. The molecule has 0 aromatic carbocycles. The highest BCUT2D eigenvalue weighted by Gasteiger charge is 2.43. The first kappa shape index (κ1) is 10.2. The van der Waals surface area contributed by atoms with Gasteiger partial charge in [0.1, 0.15) is 5.54 Å². The number of amides is 2. The maximum Gasteiger partial charge on any atom is 0.325 e. The molecule has 0 bridgehead atoms. The number of nitrogens with two attached hydrogens (primary N) is 1. The molecule has 1 saturated heterocycles. The van der Waals surface area contributed by atoms with E-state index in [4.69, 9.17) is 10.8 Å². The molecule has 15 heavy (non-hydrogen) atoms. The first-order valence-electron chi connectivity index (χ1n) is 5.09. The Morgan fingerprint density at radius 3 is 2.60 bits per heavy atom. The number of carbonyl (C=O) groups is 2. The fourth-order valence-corrected chi connectivity index (χ4v) is 1.67. The standard InChI is InChI=1S/C9H15N3O3/c10-9(7(13)14)3-4-12(5-9)8(15)11-6-1-2-6/h6H,1-5,10H2,(H,11,15)(H,13,14). The maximum atomic E-state index is 11.6. The molecule has 2 fully saturated rings. The molecule has 1 aliphatic heterocycles. The van der Waals surface area contributed by atoms with E-state index in [1.54, 1.807) is 0 Å². The summed E-state index contributed by atoms with van der Waals surface area (Å²) in [5.41, 5.74) is 4.39. The smallest absolute Gasteiger partial charge is 0.325 e. The molecule has 1 unspecified atom stereocenters. The molecular weight excluding hydrogens is 198 g/mol. The van der Waals surface area contributed by atoms with Crippen LogP contribution >= 0.6 is 0 Å². The highest BCUT2D eigenvalue weighted by Crippen LogP contribution is 2.22. The lowest BCUT2D eigenvalue weighted by Gasteiger charge is -2.20. The lowest BCUT2D eigenvalue weighted by Crippen LogP contribution is -2.51. The topological polar surface area (TPSA) is 95.7 Å². The molecule has 1 aliphatic carbocycles. The molecule has 0 spiro atoms. The molecule has 6 heteroatoms. The predicted molar refractivity (Wildman–Crippen MR) is 52.3 cm³/mol. The number of carboxylic acid groups (broad SMARTS) is 1. The second kappa shape index (κ2) is 3.37. The zero-order valence-electron chi connectivity index (χ0n) is 8.40. The van der Waals surface area contributed by atoms with E-state index in [-0.39, 0.29) is 18.6 Å². The minimum absolute atomic E-state index is 0.0981. The van der Waals surface area contributed by atoms with Gasteiger partial charge in [0, 0.05) is 12.6 Å². The van der Waals surface area contributed by atoms with Crippen LogP contribution in [0.2, 0.25) is 0 Å². The summed E-state index contributed by atoms with van der Waals surface area (Å²) in [4.78, 5) is 23.9. The zero-order chi connectivity index (χ0) is 11.1. The van der Waals surface area contributed by atoms with Crippen molar-refractivity contribution in [2.45, 2.75) is 30.8 Å². The van der Waals surface area contributed by atoms with Gasteiger partial charge >= 0.3 is 12.0 Å². The van der Waals surface area contributed by atoms with Crippen LogP contribution in [0, 0.1) is 0 Å². The van der Waals surface area contributed by atoms with Gasteiger partial charge in [0.25, 0.3) is 0 Å². The molecule has 0 aromatic rings. The van der Waals surface area contributed by atoms with E-state index < -0.39 is 11.5 Å². The number of urea groups is 1. The Bertz CT molecular complexity index is 303. The van der Waals surface area contributed by atoms with Crippen molar-refractivity contribution in [3.63, 3.8) is 0 Å². The van der Waals surface area contributed by atoms with Crippen LogP contribution in [-0.2, 0) is 4.79 Å². The predicted octanol–water partition coefficient (Wildman–Crippen LogP) is -0.654. The summed E-state index contributed by atoms with van der Waals surface area (Å²) in [6.07, 6.45) is 2.36. The van der Waals surface area contributed by atoms with Gasteiger partial charge in [-0.25, -0.2) is 4.79 Å². The first-order valence-corrected chi connectivity index (χ1v) is 5.09. The average Bonchev–Trinajstić information content (AvgIpc) is 2.87. The van der Waals surface area contributed by atoms with Gasteiger partial charge in [-0.3, -0.25) is 4.79 Å². The molecule has 6 nitrogen and oxygen atoms in total. The van der Waals surface area contributed by atoms with Gasteiger partial charge in [-0.1, -0.05) is 0 Å². The van der Waals surface area contributed by atoms with Crippen molar-refractivity contribution in [2.24, 2.45) is 5.73 Å². The van der Waals surface area contributed by atoms with Gasteiger partial charge in [-0.15, -0.1) is 0 Å². The third kappa shape index (κ3) is 2.04. The summed E-state index contributed by atoms with van der Waals surface area (Å²) in [6, 6.07) is 0.0983. The molecule has 0 aromatic heterocycles. The van der Waals surface area contributed by atoms with Gasteiger partial charge in [-0.05, 0) is 19.3 Å². The number of likely N-dealkylation sites (tertiary alicyclic amines) is 1. The fourth-order valence-electron chi connectivity index (χ4n) is 1.67. The molecule has 2 aliphatic rings. The van der Waals surface area contributed by atoms with E-state index >= 15 is 0 Å². The lowest BCUT2D eigenvalue weighted by atomic mass is 10.0. The van der Waals surface area contributed by atoms with Crippen LogP contribution in [0.5, 0.6) is 0 Å². The number of carbonyl (C=O) groups excluding carboxylic acids is 1. The van der Waals surface area contributed by atoms with E-state index in [0.717, 1.165) is 12.8 Å². The SMILES string of the molecule is NC1(C(=O)O)CCN(C(=O)NC2CC2)C1. The number of nitrogens with zero attached hydrogens (tertiary/aromatic N) is 1. The monoisotopic (exact) mass is 213 g/mol. The van der Waals surface area contributed by atoms with Crippen molar-refractivity contribution in [1.82, 2.24) is 10.2 Å². The molecular formula is C9H15N3O3. The van der Waals surface area contributed by atoms with Gasteiger partial charge in [0.2, 0.25) is 0 Å². The van der Waals surface area contributed by atoms with Crippen molar-refractivity contribution >= 4 is 12.0 Å². The van der Waals surface area contributed by atoms with Crippen LogP contribution in [0.4, 0.5) is 4.79 Å². The van der Waals surface area contributed by atoms with E-state index in [0.29, 0.717) is 13.0 Å². The van der Waals surface area contributed by atoms with E-state index in [2.05, 4.69) is 5.32 Å². The van der Waals surface area contributed by atoms with E-state index in [1.807, 2.05) is 0 Å². The lowest BCUT2D eigenvalue weighted by molar-refractivity contribution is -0.142. The number of nitrogens with one attached hydrogen (secondary N) is 1. The van der Waals surface area contributed by atoms with Crippen molar-refractivity contribution in [3.05, 3.63) is 0 Å². The molecule has 1 heterocycles. The minimum atomic E-state index is -1.26. The maximum absolute atomic E-state index is 11.6. The molecule has 84 valence electrons. The Hall–Kier alpha value is -1.30. The molecule has 4 N–H and O–H groups in total. The van der Waals surface area contributed by atoms with E-state index in [1.165, 1.54) is 4.90 Å². The Morgan fingerprint density at radius 1 is 1.47 bits per heavy atom. The van der Waals surface area contributed by atoms with Gasteiger partial charge in [-0.2, -0.15) is 0 Å². The Morgan fingerprint density at radius 2 is 2.13 bits per heavy atom. The minimum Gasteiger partial charge on any atom is -0.480 e. The Labute approximate surface area is 87.4 Å². The second-order valence-corrected chi connectivity index (χ2v) is 4.36. The van der Waals surface area contributed by atoms with Crippen LogP contribution < -0.4 is 11.1 Å². The second-order valence-electron chi connectivity index (χ2n) is 4.36. The summed E-state index contributed by atoms with van der Waals surface area (Å²) < 4.78 is 0. The van der Waals surface area contributed by atoms with Gasteiger partial charge in [0.15, 0.2) is 0 Å². The largest absolute Gasteiger partial charge is 0.480 e. The van der Waals surface area contributed by atoms with Crippen LogP contribution in [0.25, 0.3) is 0 Å². The normalized spacial score (nSPS) is 30.3. The summed E-state index contributed by atoms with van der Waals surface area (Å²) in [7, 11) is 0. The molecule has 1 atom stereocenters. The highest BCUT2D eigenvalue weighted by atomic mass is 16.4. The summed E-state index contributed by atoms with van der Waals surface area (Å²) in [5, 5.41) is 11.7. The van der Waals surface area contributed by atoms with Crippen molar-refractivity contribution < 1.29 is 14.7 Å². The molecule has 2 amide bonds. The molecule has 1 saturated carbocycles. The fraction of sp³-hybridized carbons (Fsp3) is 0.778. The third-order valence-electron chi connectivity index (χ3n) is 2.92. The highest BCUT2D eigenvalue weighted by molar-refractivity contribution is 5.82. The molecule has 0 radical (unpaired) electrons. The zero-order valence-corrected chi connectivity index (χ0v) is 8.40. The van der Waals surface area contributed by atoms with Crippen LogP contribution in [-0.4, -0.2) is 46.7 Å². The summed E-state index contributed by atoms with van der Waals surface area (Å²) >= 11 is 0. The van der Waals surface area contributed by atoms with Crippen molar-refractivity contribution in [1.29, 1.82) is 0 Å². The number of hydrogen-bond donors (Lipinski definition) is 3. The number of carboxylic acids is 1. The van der Waals surface area contributed by atoms with Crippen LogP contribution in [0.3, 0.4) is 0 Å². The van der Waals surface area contributed by atoms with Crippen LogP contribution in [0.1, 0.15) is 19.3 Å². The Balaban J connectivity index is 1.90. The van der Waals surface area contributed by atoms with Crippen molar-refractivity contribution in [3.8, 4) is 0 Å². The quantitative estimate of drug-likeness (QED) is 0.567. The molecule has 2 rings (SSSR count). The number of rotatable bonds is 2. The van der Waals surface area contributed by atoms with Crippen molar-refractivity contribution in [2.75, 3.05) is 13.1 Å². The first-order chi connectivity index (χ1) is 7.01. The van der Waals surface area contributed by atoms with Gasteiger partial charge in [0.05, 0.1) is 6.54 Å². The third-order valence-corrected chi connectivity index (χ3v) is 2.92. The van der Waals surface area contributed by atoms with E-state index in [9.17, 15) is 9.59 Å². The summed E-state index contributed by atoms with van der Waals surface area (Å²) in [6.45, 7) is 0.516. The van der Waals surface area contributed by atoms with Crippen LogP contribution in [0.15, 0.2) is 0 Å². The van der Waals surface area contributed by atoms with Gasteiger partial charge < -0.3 is 21.1 Å². The average molecular weight is 213 g/mol. The summed E-state index contributed by atoms with van der Waals surface area (Å²) in [5.74, 6) is -1.04.